The monoisotopic (exact) mass is 313 g/mol. The molecule has 0 spiro atoms. The Morgan fingerprint density at radius 1 is 1.33 bits per heavy atom. The minimum absolute atomic E-state index is 0.121. The molecule has 1 aromatic carbocycles. The quantitative estimate of drug-likeness (QED) is 0.887. The Hall–Kier alpha value is -0.640. The molecule has 0 radical (unpaired) electrons. The van der Waals surface area contributed by atoms with Gasteiger partial charge >= 0.3 is 0 Å². The number of likely N-dealkylation sites (tertiary alicyclic amines) is 1. The highest BCUT2D eigenvalue weighted by Crippen LogP contribution is 2.30. The van der Waals surface area contributed by atoms with Crippen LogP contribution in [-0.4, -0.2) is 34.7 Å². The van der Waals surface area contributed by atoms with Crippen LogP contribution in [0.4, 0.5) is 4.39 Å². The zero-order valence-electron chi connectivity index (χ0n) is 12.9. The van der Waals surface area contributed by atoms with Gasteiger partial charge in [0.2, 0.25) is 0 Å². The van der Waals surface area contributed by atoms with Gasteiger partial charge in [0.25, 0.3) is 0 Å². The van der Waals surface area contributed by atoms with E-state index in [1.54, 1.807) is 12.1 Å². The van der Waals surface area contributed by atoms with Crippen LogP contribution in [0.15, 0.2) is 18.2 Å². The summed E-state index contributed by atoms with van der Waals surface area (Å²) < 4.78 is 14.0. The van der Waals surface area contributed by atoms with Gasteiger partial charge in [0.05, 0.1) is 11.1 Å². The first kappa shape index (κ1) is 16.7. The van der Waals surface area contributed by atoms with Gasteiger partial charge in [0.1, 0.15) is 5.82 Å². The smallest absolute Gasteiger partial charge is 0.145 e. The van der Waals surface area contributed by atoms with Gasteiger partial charge in [-0.2, -0.15) is 0 Å². The molecule has 1 aromatic rings. The molecule has 0 bridgehead atoms. The molecule has 2 atom stereocenters. The van der Waals surface area contributed by atoms with Crippen LogP contribution < -0.4 is 0 Å². The van der Waals surface area contributed by atoms with E-state index in [1.807, 2.05) is 0 Å². The van der Waals surface area contributed by atoms with Crippen LogP contribution in [0.3, 0.4) is 0 Å². The van der Waals surface area contributed by atoms with Crippen LogP contribution in [0.5, 0.6) is 0 Å². The molecule has 4 heteroatoms. The first-order valence-electron chi connectivity index (χ1n) is 7.85. The molecule has 1 N–H and O–H groups in total. The Morgan fingerprint density at radius 2 is 2.00 bits per heavy atom. The molecule has 21 heavy (non-hydrogen) atoms. The van der Waals surface area contributed by atoms with Crippen LogP contribution in [-0.2, 0) is 6.42 Å². The highest BCUT2D eigenvalue weighted by molar-refractivity contribution is 6.30. The first-order chi connectivity index (χ1) is 9.99. The number of aliphatic hydroxyl groups is 1. The van der Waals surface area contributed by atoms with E-state index in [-0.39, 0.29) is 10.6 Å². The third kappa shape index (κ3) is 3.58. The van der Waals surface area contributed by atoms with E-state index in [4.69, 9.17) is 11.6 Å². The Balaban J connectivity index is 2.15. The molecule has 1 saturated heterocycles. The van der Waals surface area contributed by atoms with Gasteiger partial charge in [-0.05, 0) is 50.9 Å². The van der Waals surface area contributed by atoms with Crippen molar-refractivity contribution in [2.45, 2.75) is 57.6 Å². The number of piperidine rings is 1. The Morgan fingerprint density at radius 3 is 2.62 bits per heavy atom. The largest absolute Gasteiger partial charge is 0.391 e. The first-order valence-corrected chi connectivity index (χ1v) is 8.23. The van der Waals surface area contributed by atoms with Gasteiger partial charge in [0, 0.05) is 12.0 Å². The number of benzene rings is 1. The van der Waals surface area contributed by atoms with Crippen LogP contribution in [0, 0.1) is 5.82 Å². The van der Waals surface area contributed by atoms with Crippen molar-refractivity contribution in [3.8, 4) is 0 Å². The predicted molar refractivity (Wildman–Crippen MR) is 85.2 cm³/mol. The van der Waals surface area contributed by atoms with Crippen molar-refractivity contribution in [3.05, 3.63) is 34.6 Å². The van der Waals surface area contributed by atoms with Gasteiger partial charge in [-0.1, -0.05) is 37.1 Å². The average Bonchev–Trinajstić information content (AvgIpc) is 2.51. The second-order valence-electron chi connectivity index (χ2n) is 6.19. The van der Waals surface area contributed by atoms with Gasteiger partial charge in [-0.25, -0.2) is 4.39 Å². The van der Waals surface area contributed by atoms with Crippen molar-refractivity contribution >= 4 is 11.6 Å². The standard InChI is InChI=1S/C17H25ClFNO/c1-3-17(2,20-10-5-4-6-11-20)15(21)12-13-8-7-9-14(18)16(13)19/h7-9,15,21H,3-6,10-12H2,1-2H3. The normalized spacial score (nSPS) is 21.0. The maximum atomic E-state index is 14.0. The van der Waals surface area contributed by atoms with Crippen molar-refractivity contribution < 1.29 is 9.50 Å². The topological polar surface area (TPSA) is 23.5 Å². The minimum atomic E-state index is -0.603. The van der Waals surface area contributed by atoms with Gasteiger partial charge in [0.15, 0.2) is 0 Å². The fourth-order valence-electron chi connectivity index (χ4n) is 3.21. The number of rotatable bonds is 5. The van der Waals surface area contributed by atoms with Gasteiger partial charge < -0.3 is 5.11 Å². The maximum Gasteiger partial charge on any atom is 0.145 e. The van der Waals surface area contributed by atoms with E-state index < -0.39 is 11.9 Å². The Bertz CT molecular complexity index is 476. The van der Waals surface area contributed by atoms with Crippen LogP contribution >= 0.6 is 11.6 Å². The van der Waals surface area contributed by atoms with Crippen LogP contribution in [0.1, 0.15) is 45.1 Å². The molecule has 2 unspecified atom stereocenters. The lowest BCUT2D eigenvalue weighted by Gasteiger charge is -2.46. The maximum absolute atomic E-state index is 14.0. The van der Waals surface area contributed by atoms with E-state index in [2.05, 4.69) is 18.7 Å². The van der Waals surface area contributed by atoms with Crippen molar-refractivity contribution in [1.29, 1.82) is 0 Å². The lowest BCUT2D eigenvalue weighted by molar-refractivity contribution is -0.0331. The number of hydrogen-bond acceptors (Lipinski definition) is 2. The second-order valence-corrected chi connectivity index (χ2v) is 6.60. The summed E-state index contributed by atoms with van der Waals surface area (Å²) in [7, 11) is 0. The molecule has 0 amide bonds. The lowest BCUT2D eigenvalue weighted by Crippen LogP contribution is -2.56. The van der Waals surface area contributed by atoms with E-state index in [0.29, 0.717) is 12.0 Å². The lowest BCUT2D eigenvalue weighted by atomic mass is 9.84. The number of hydrogen-bond donors (Lipinski definition) is 1. The average molecular weight is 314 g/mol. The summed E-state index contributed by atoms with van der Waals surface area (Å²) in [6.07, 6.45) is 4.15. The third-order valence-electron chi connectivity index (χ3n) is 4.96. The number of aliphatic hydroxyl groups excluding tert-OH is 1. The molecule has 1 heterocycles. The SMILES string of the molecule is CCC(C)(C(O)Cc1cccc(Cl)c1F)N1CCCCC1. The molecule has 2 rings (SSSR count). The Labute approximate surface area is 131 Å². The van der Waals surface area contributed by atoms with Crippen molar-refractivity contribution in [1.82, 2.24) is 4.90 Å². The highest BCUT2D eigenvalue weighted by atomic mass is 35.5. The highest BCUT2D eigenvalue weighted by Gasteiger charge is 2.38. The fourth-order valence-corrected chi connectivity index (χ4v) is 3.40. The Kier molecular flexibility index (Phi) is 5.64. The van der Waals surface area contributed by atoms with Crippen molar-refractivity contribution in [2.24, 2.45) is 0 Å². The number of halogens is 2. The molecular weight excluding hydrogens is 289 g/mol. The molecular formula is C17H25ClFNO. The molecule has 0 aliphatic carbocycles. The molecule has 0 saturated carbocycles. The summed E-state index contributed by atoms with van der Waals surface area (Å²) in [5.41, 5.74) is 0.182. The molecule has 1 fully saturated rings. The summed E-state index contributed by atoms with van der Waals surface area (Å²) in [6, 6.07) is 4.98. The number of nitrogens with zero attached hydrogens (tertiary/aromatic N) is 1. The van der Waals surface area contributed by atoms with Crippen molar-refractivity contribution in [3.63, 3.8) is 0 Å². The van der Waals surface area contributed by atoms with Crippen LogP contribution in [0.25, 0.3) is 0 Å². The zero-order valence-corrected chi connectivity index (χ0v) is 13.7. The molecule has 2 nitrogen and oxygen atoms in total. The fraction of sp³-hybridized carbons (Fsp3) is 0.647. The summed E-state index contributed by atoms with van der Waals surface area (Å²) in [5, 5.41) is 10.9. The summed E-state index contributed by atoms with van der Waals surface area (Å²) in [6.45, 7) is 6.20. The van der Waals surface area contributed by atoms with E-state index in [0.717, 1.165) is 19.5 Å². The van der Waals surface area contributed by atoms with E-state index in [9.17, 15) is 9.50 Å². The molecule has 118 valence electrons. The zero-order chi connectivity index (χ0) is 15.5. The van der Waals surface area contributed by atoms with E-state index >= 15 is 0 Å². The molecule has 0 aromatic heterocycles. The van der Waals surface area contributed by atoms with Crippen molar-refractivity contribution in [2.75, 3.05) is 13.1 Å². The molecule has 1 aliphatic rings. The van der Waals surface area contributed by atoms with Gasteiger partial charge in [-0.15, -0.1) is 0 Å². The van der Waals surface area contributed by atoms with Gasteiger partial charge in [-0.3, -0.25) is 4.90 Å². The van der Waals surface area contributed by atoms with E-state index in [1.165, 1.54) is 25.3 Å². The third-order valence-corrected chi connectivity index (χ3v) is 5.25. The predicted octanol–water partition coefficient (Wildman–Crippen LogP) is 4.04. The second kappa shape index (κ2) is 7.08. The molecule has 1 aliphatic heterocycles. The summed E-state index contributed by atoms with van der Waals surface area (Å²) in [5.74, 6) is -0.407. The summed E-state index contributed by atoms with van der Waals surface area (Å²) in [4.78, 5) is 2.36. The minimum Gasteiger partial charge on any atom is -0.391 e. The van der Waals surface area contributed by atoms with Crippen LogP contribution in [0.2, 0.25) is 5.02 Å². The summed E-state index contributed by atoms with van der Waals surface area (Å²) >= 11 is 5.83.